The number of benzene rings is 2. The number of carboxylic acids is 1. The van der Waals surface area contributed by atoms with E-state index in [0.29, 0.717) is 19.0 Å². The van der Waals surface area contributed by atoms with Crippen molar-refractivity contribution in [1.29, 1.82) is 0 Å². The summed E-state index contributed by atoms with van der Waals surface area (Å²) in [5, 5.41) is 10.9. The largest absolute Gasteiger partial charge is 0.497 e. The van der Waals surface area contributed by atoms with Crippen LogP contribution in [0.5, 0.6) is 5.75 Å². The maximum absolute atomic E-state index is 14.2. The number of carboxylic acid groups (broad SMARTS) is 1. The van der Waals surface area contributed by atoms with Crippen molar-refractivity contribution in [3.8, 4) is 5.75 Å². The van der Waals surface area contributed by atoms with E-state index in [-0.39, 0.29) is 5.56 Å². The molecule has 1 atom stereocenters. The number of ether oxygens (including phenoxy) is 1. The van der Waals surface area contributed by atoms with Gasteiger partial charge in [0.2, 0.25) is 0 Å². The maximum Gasteiger partial charge on any atom is 0.325 e. The number of hydrogen-bond donors (Lipinski definition) is 2. The highest BCUT2D eigenvalue weighted by atomic mass is 19.1. The topological polar surface area (TPSA) is 65.6 Å². The Labute approximate surface area is 162 Å². The van der Waals surface area contributed by atoms with Crippen LogP contribution in [0.15, 0.2) is 48.7 Å². The third-order valence-corrected chi connectivity index (χ3v) is 5.69. The first-order chi connectivity index (χ1) is 13.6. The number of aromatic amines is 1. The third-order valence-electron chi connectivity index (χ3n) is 5.69. The highest BCUT2D eigenvalue weighted by Gasteiger charge is 2.33. The number of halogens is 1. The van der Waals surface area contributed by atoms with Gasteiger partial charge in [-0.2, -0.15) is 0 Å². The quantitative estimate of drug-likeness (QED) is 0.690. The number of methoxy groups -OCH3 is 1. The van der Waals surface area contributed by atoms with Gasteiger partial charge in [-0.3, -0.25) is 9.69 Å². The minimum Gasteiger partial charge on any atom is -0.497 e. The average Bonchev–Trinajstić information content (AvgIpc) is 3.13. The zero-order chi connectivity index (χ0) is 19.7. The Bertz CT molecular complexity index is 992. The number of piperidine rings is 1. The average molecular weight is 382 g/mol. The van der Waals surface area contributed by atoms with Crippen LogP contribution in [0.3, 0.4) is 0 Å². The molecule has 146 valence electrons. The smallest absolute Gasteiger partial charge is 0.325 e. The van der Waals surface area contributed by atoms with E-state index in [2.05, 4.69) is 4.98 Å². The number of rotatable bonds is 5. The van der Waals surface area contributed by atoms with Gasteiger partial charge in [0.25, 0.3) is 0 Å². The lowest BCUT2D eigenvalue weighted by atomic mass is 9.88. The molecule has 2 heterocycles. The fourth-order valence-corrected chi connectivity index (χ4v) is 4.24. The van der Waals surface area contributed by atoms with E-state index >= 15 is 0 Å². The van der Waals surface area contributed by atoms with Crippen molar-refractivity contribution in [2.75, 3.05) is 20.2 Å². The van der Waals surface area contributed by atoms with Crippen molar-refractivity contribution in [1.82, 2.24) is 9.88 Å². The lowest BCUT2D eigenvalue weighted by molar-refractivity contribution is -0.144. The molecule has 0 saturated carbocycles. The summed E-state index contributed by atoms with van der Waals surface area (Å²) in [4.78, 5) is 17.1. The number of fused-ring (bicyclic) bond motifs is 1. The molecule has 5 nitrogen and oxygen atoms in total. The minimum atomic E-state index is -1.01. The summed E-state index contributed by atoms with van der Waals surface area (Å²) < 4.78 is 19.5. The highest BCUT2D eigenvalue weighted by Crippen LogP contribution is 2.37. The molecular weight excluding hydrogens is 359 g/mol. The fraction of sp³-hybridized carbons (Fsp3) is 0.318. The molecule has 1 saturated heterocycles. The van der Waals surface area contributed by atoms with Gasteiger partial charge >= 0.3 is 5.97 Å². The molecule has 6 heteroatoms. The van der Waals surface area contributed by atoms with E-state index in [1.54, 1.807) is 25.3 Å². The first-order valence-corrected chi connectivity index (χ1v) is 9.44. The molecule has 2 N–H and O–H groups in total. The number of nitrogens with one attached hydrogen (secondary N) is 1. The van der Waals surface area contributed by atoms with E-state index < -0.39 is 17.8 Å². The van der Waals surface area contributed by atoms with E-state index in [1.165, 1.54) is 11.6 Å². The Balaban J connectivity index is 1.54. The molecule has 0 spiro atoms. The molecule has 2 aromatic carbocycles. The van der Waals surface area contributed by atoms with Crippen molar-refractivity contribution in [3.05, 3.63) is 65.6 Å². The van der Waals surface area contributed by atoms with Gasteiger partial charge in [0.1, 0.15) is 17.6 Å². The lowest BCUT2D eigenvalue weighted by Gasteiger charge is -2.36. The predicted octanol–water partition coefficient (Wildman–Crippen LogP) is 4.32. The Morgan fingerprint density at radius 1 is 1.25 bits per heavy atom. The van der Waals surface area contributed by atoms with Gasteiger partial charge in [0.15, 0.2) is 0 Å². The van der Waals surface area contributed by atoms with Crippen LogP contribution >= 0.6 is 0 Å². The summed E-state index contributed by atoms with van der Waals surface area (Å²) in [6.07, 6.45) is 3.68. The van der Waals surface area contributed by atoms with Crippen LogP contribution in [-0.2, 0) is 4.79 Å². The Hall–Kier alpha value is -2.86. The lowest BCUT2D eigenvalue weighted by Crippen LogP contribution is -2.40. The molecule has 1 fully saturated rings. The standard InChI is InChI=1S/C22H23FN2O3/c1-28-15-6-7-20-17(12-15)18(13-24-20)14-8-10-25(11-9-14)21(22(26)27)16-4-2-3-5-19(16)23/h2-7,12-14,21,24H,8-11H2,1H3,(H,26,27). The summed E-state index contributed by atoms with van der Waals surface area (Å²) in [5.74, 6) is -0.343. The van der Waals surface area contributed by atoms with Crippen molar-refractivity contribution >= 4 is 16.9 Å². The van der Waals surface area contributed by atoms with Crippen LogP contribution in [0.2, 0.25) is 0 Å². The highest BCUT2D eigenvalue weighted by molar-refractivity contribution is 5.85. The first kappa shape index (κ1) is 18.5. The van der Waals surface area contributed by atoms with Crippen molar-refractivity contribution in [2.24, 2.45) is 0 Å². The molecule has 0 aliphatic carbocycles. The summed E-state index contributed by atoms with van der Waals surface area (Å²) in [6, 6.07) is 11.2. The minimum absolute atomic E-state index is 0.227. The Kier molecular flexibility index (Phi) is 5.05. The van der Waals surface area contributed by atoms with Crippen LogP contribution in [0.1, 0.15) is 35.9 Å². The van der Waals surface area contributed by atoms with E-state index in [1.807, 2.05) is 29.3 Å². The molecule has 0 bridgehead atoms. The molecule has 0 amide bonds. The molecule has 0 radical (unpaired) electrons. The fourth-order valence-electron chi connectivity index (χ4n) is 4.24. The zero-order valence-electron chi connectivity index (χ0n) is 15.7. The number of aliphatic carboxylic acids is 1. The van der Waals surface area contributed by atoms with Gasteiger partial charge in [-0.15, -0.1) is 0 Å². The molecule has 1 aliphatic rings. The SMILES string of the molecule is COc1ccc2[nH]cc(C3CCN(C(C(=O)O)c4ccccc4F)CC3)c2c1. The first-order valence-electron chi connectivity index (χ1n) is 9.44. The van der Waals surface area contributed by atoms with Gasteiger partial charge in [-0.05, 0) is 61.7 Å². The van der Waals surface area contributed by atoms with Crippen molar-refractivity contribution in [2.45, 2.75) is 24.8 Å². The third kappa shape index (κ3) is 3.36. The molecular formula is C22H23FN2O3. The summed E-state index contributed by atoms with van der Waals surface area (Å²) in [5.41, 5.74) is 2.52. The van der Waals surface area contributed by atoms with Gasteiger partial charge < -0.3 is 14.8 Å². The maximum atomic E-state index is 14.2. The number of hydrogen-bond acceptors (Lipinski definition) is 3. The molecule has 28 heavy (non-hydrogen) atoms. The van der Waals surface area contributed by atoms with E-state index in [9.17, 15) is 14.3 Å². The second kappa shape index (κ2) is 7.64. The van der Waals surface area contributed by atoms with Crippen LogP contribution < -0.4 is 4.74 Å². The van der Waals surface area contributed by atoms with Crippen LogP contribution in [0.4, 0.5) is 4.39 Å². The second-order valence-corrected chi connectivity index (χ2v) is 7.23. The summed E-state index contributed by atoms with van der Waals surface area (Å²) >= 11 is 0. The van der Waals surface area contributed by atoms with Crippen molar-refractivity contribution in [3.63, 3.8) is 0 Å². The molecule has 3 aromatic rings. The number of nitrogens with zero attached hydrogens (tertiary/aromatic N) is 1. The number of carbonyl (C=O) groups is 1. The summed E-state index contributed by atoms with van der Waals surface area (Å²) in [6.45, 7) is 1.21. The molecule has 4 rings (SSSR count). The van der Waals surface area contributed by atoms with Crippen LogP contribution in [0, 0.1) is 5.82 Å². The second-order valence-electron chi connectivity index (χ2n) is 7.23. The number of likely N-dealkylation sites (tertiary alicyclic amines) is 1. The van der Waals surface area contributed by atoms with Crippen LogP contribution in [-0.4, -0.2) is 41.2 Å². The predicted molar refractivity (Wildman–Crippen MR) is 105 cm³/mol. The monoisotopic (exact) mass is 382 g/mol. The Morgan fingerprint density at radius 3 is 2.68 bits per heavy atom. The number of H-pyrrole nitrogens is 1. The van der Waals surface area contributed by atoms with Gasteiger partial charge in [0, 0.05) is 22.7 Å². The number of aromatic nitrogens is 1. The van der Waals surface area contributed by atoms with Gasteiger partial charge in [0.05, 0.1) is 7.11 Å². The van der Waals surface area contributed by atoms with Crippen LogP contribution in [0.25, 0.3) is 10.9 Å². The summed E-state index contributed by atoms with van der Waals surface area (Å²) in [7, 11) is 1.65. The molecule has 1 aliphatic heterocycles. The van der Waals surface area contributed by atoms with Gasteiger partial charge in [-0.25, -0.2) is 4.39 Å². The van der Waals surface area contributed by atoms with Crippen molar-refractivity contribution < 1.29 is 19.0 Å². The zero-order valence-corrected chi connectivity index (χ0v) is 15.7. The Morgan fingerprint density at radius 2 is 2.00 bits per heavy atom. The molecule has 1 unspecified atom stereocenters. The molecule has 1 aromatic heterocycles. The normalized spacial score (nSPS) is 16.9. The van der Waals surface area contributed by atoms with E-state index in [4.69, 9.17) is 4.74 Å². The van der Waals surface area contributed by atoms with E-state index in [0.717, 1.165) is 29.5 Å². The van der Waals surface area contributed by atoms with Gasteiger partial charge in [-0.1, -0.05) is 18.2 Å².